The molecule has 154 valence electrons. The lowest BCUT2D eigenvalue weighted by Gasteiger charge is -2.29. The number of nitrogens with zero attached hydrogens (tertiary/aromatic N) is 3. The number of carbonyl (C=O) groups excluding carboxylic acids is 1. The Hall–Kier alpha value is -1.60. The quantitative estimate of drug-likeness (QED) is 0.765. The van der Waals surface area contributed by atoms with Crippen molar-refractivity contribution in [2.24, 2.45) is 13.0 Å². The van der Waals surface area contributed by atoms with Crippen molar-refractivity contribution in [3.05, 3.63) is 53.3 Å². The largest absolute Gasteiger partial charge is 0.355 e. The number of nitrogens with one attached hydrogen (secondary N) is 2. The molecule has 0 bridgehead atoms. The Balaban J connectivity index is 0.00000140. The number of carbonyl (C=O) groups is 1. The first-order valence-electron chi connectivity index (χ1n) is 9.47. The Labute approximate surface area is 178 Å². The van der Waals surface area contributed by atoms with Gasteiger partial charge in [0.05, 0.1) is 12.1 Å². The lowest BCUT2D eigenvalue weighted by atomic mass is 9.90. The number of hydrogen-bond acceptors (Lipinski definition) is 4. The molecule has 2 aromatic rings. The summed E-state index contributed by atoms with van der Waals surface area (Å²) in [6, 6.07) is 8.65. The van der Waals surface area contributed by atoms with Gasteiger partial charge in [0, 0.05) is 58.4 Å². The molecular weight excluding hydrogens is 397 g/mol. The Morgan fingerprint density at radius 2 is 2.04 bits per heavy atom. The van der Waals surface area contributed by atoms with Gasteiger partial charge in [-0.1, -0.05) is 24.3 Å². The SMILES string of the molecule is Cl.Cl.Cn1cc([C@H]2CNC[C@@H]2C(=O)NCCN2CCc3ccccc3C2)cn1. The minimum absolute atomic E-state index is 0. The van der Waals surface area contributed by atoms with Crippen LogP contribution in [0.25, 0.3) is 0 Å². The summed E-state index contributed by atoms with van der Waals surface area (Å²) in [6.07, 6.45) is 4.99. The zero-order chi connectivity index (χ0) is 17.9. The van der Waals surface area contributed by atoms with Crippen molar-refractivity contribution < 1.29 is 4.79 Å². The average molecular weight is 426 g/mol. The van der Waals surface area contributed by atoms with Gasteiger partial charge in [-0.2, -0.15) is 5.10 Å². The van der Waals surface area contributed by atoms with Crippen LogP contribution in [0.15, 0.2) is 36.7 Å². The van der Waals surface area contributed by atoms with Gasteiger partial charge in [0.1, 0.15) is 0 Å². The normalized spacial score (nSPS) is 21.3. The molecule has 0 aliphatic carbocycles. The van der Waals surface area contributed by atoms with E-state index in [1.165, 1.54) is 11.1 Å². The molecule has 1 amide bonds. The summed E-state index contributed by atoms with van der Waals surface area (Å²) in [7, 11) is 1.91. The molecule has 4 rings (SSSR count). The summed E-state index contributed by atoms with van der Waals surface area (Å²) in [5.74, 6) is 0.355. The minimum atomic E-state index is -0.0127. The van der Waals surface area contributed by atoms with E-state index in [2.05, 4.69) is 44.9 Å². The van der Waals surface area contributed by atoms with Crippen molar-refractivity contribution in [1.29, 1.82) is 0 Å². The molecule has 2 aliphatic rings. The van der Waals surface area contributed by atoms with Crippen LogP contribution in [-0.2, 0) is 24.8 Å². The number of aromatic nitrogens is 2. The van der Waals surface area contributed by atoms with Gasteiger partial charge in [-0.05, 0) is 23.1 Å². The summed E-state index contributed by atoms with van der Waals surface area (Å²) in [5, 5.41) is 10.8. The van der Waals surface area contributed by atoms with Crippen molar-refractivity contribution in [3.8, 4) is 0 Å². The maximum Gasteiger partial charge on any atom is 0.225 e. The molecule has 0 saturated carbocycles. The molecule has 2 atom stereocenters. The van der Waals surface area contributed by atoms with Crippen LogP contribution in [0.3, 0.4) is 0 Å². The summed E-state index contributed by atoms with van der Waals surface area (Å²) in [6.45, 7) is 5.23. The molecule has 3 heterocycles. The summed E-state index contributed by atoms with van der Waals surface area (Å²) in [5.41, 5.74) is 4.02. The van der Waals surface area contributed by atoms with Crippen molar-refractivity contribution in [3.63, 3.8) is 0 Å². The standard InChI is InChI=1S/C20H27N5O.2ClH/c1-24-13-17(10-23-24)18-11-21-12-19(18)20(26)22-7-9-25-8-6-15-4-2-3-5-16(15)14-25;;/h2-5,10,13,18-19,21H,6-9,11-12,14H2,1H3,(H,22,26);2*1H/t18-,19+;;/m1../s1. The van der Waals surface area contributed by atoms with Crippen LogP contribution in [0.4, 0.5) is 0 Å². The summed E-state index contributed by atoms with van der Waals surface area (Å²) in [4.78, 5) is 15.1. The number of rotatable bonds is 5. The van der Waals surface area contributed by atoms with Crippen molar-refractivity contribution in [2.45, 2.75) is 18.9 Å². The third-order valence-electron chi connectivity index (χ3n) is 5.64. The molecule has 0 radical (unpaired) electrons. The Morgan fingerprint density at radius 3 is 2.79 bits per heavy atom. The van der Waals surface area contributed by atoms with E-state index in [9.17, 15) is 4.79 Å². The zero-order valence-corrected chi connectivity index (χ0v) is 17.8. The van der Waals surface area contributed by atoms with Crippen molar-refractivity contribution >= 4 is 30.7 Å². The van der Waals surface area contributed by atoms with E-state index in [-0.39, 0.29) is 42.6 Å². The van der Waals surface area contributed by atoms with Crippen LogP contribution in [0.5, 0.6) is 0 Å². The second-order valence-corrected chi connectivity index (χ2v) is 7.40. The topological polar surface area (TPSA) is 62.2 Å². The number of halogens is 2. The maximum absolute atomic E-state index is 12.7. The molecule has 6 nitrogen and oxygen atoms in total. The lowest BCUT2D eigenvalue weighted by molar-refractivity contribution is -0.124. The number of aryl methyl sites for hydroxylation is 1. The second kappa shape index (κ2) is 10.3. The first-order chi connectivity index (χ1) is 12.7. The van der Waals surface area contributed by atoms with E-state index < -0.39 is 0 Å². The highest BCUT2D eigenvalue weighted by atomic mass is 35.5. The van der Waals surface area contributed by atoms with Gasteiger partial charge in [-0.25, -0.2) is 0 Å². The van der Waals surface area contributed by atoms with Gasteiger partial charge in [-0.15, -0.1) is 24.8 Å². The zero-order valence-electron chi connectivity index (χ0n) is 16.1. The third kappa shape index (κ3) is 5.06. The summed E-state index contributed by atoms with van der Waals surface area (Å²) < 4.78 is 1.80. The minimum Gasteiger partial charge on any atom is -0.355 e. The van der Waals surface area contributed by atoms with E-state index in [1.807, 2.05) is 19.4 Å². The number of benzene rings is 1. The molecule has 1 fully saturated rings. The predicted octanol–water partition coefficient (Wildman–Crippen LogP) is 1.74. The molecular formula is C20H29Cl2N5O. The highest BCUT2D eigenvalue weighted by Crippen LogP contribution is 2.27. The molecule has 1 saturated heterocycles. The monoisotopic (exact) mass is 425 g/mol. The van der Waals surface area contributed by atoms with Crippen LogP contribution in [-0.4, -0.2) is 53.3 Å². The van der Waals surface area contributed by atoms with Gasteiger partial charge in [0.2, 0.25) is 5.91 Å². The molecule has 8 heteroatoms. The van der Waals surface area contributed by atoms with E-state index in [0.29, 0.717) is 6.54 Å². The lowest BCUT2D eigenvalue weighted by Crippen LogP contribution is -2.40. The molecule has 0 unspecified atom stereocenters. The van der Waals surface area contributed by atoms with Gasteiger partial charge in [0.15, 0.2) is 0 Å². The molecule has 1 aromatic heterocycles. The molecule has 2 N–H and O–H groups in total. The third-order valence-corrected chi connectivity index (χ3v) is 5.64. The first kappa shape index (κ1) is 22.7. The fraction of sp³-hybridized carbons (Fsp3) is 0.500. The summed E-state index contributed by atoms with van der Waals surface area (Å²) >= 11 is 0. The molecule has 28 heavy (non-hydrogen) atoms. The highest BCUT2D eigenvalue weighted by Gasteiger charge is 2.34. The van der Waals surface area contributed by atoms with Crippen LogP contribution in [0, 0.1) is 5.92 Å². The maximum atomic E-state index is 12.7. The average Bonchev–Trinajstić information content (AvgIpc) is 3.30. The highest BCUT2D eigenvalue weighted by molar-refractivity contribution is 5.85. The van der Waals surface area contributed by atoms with Crippen molar-refractivity contribution in [2.75, 3.05) is 32.7 Å². The van der Waals surface area contributed by atoms with E-state index in [1.54, 1.807) is 4.68 Å². The number of amides is 1. The molecule has 2 aliphatic heterocycles. The van der Waals surface area contributed by atoms with Crippen LogP contribution in [0.1, 0.15) is 22.6 Å². The number of fused-ring (bicyclic) bond motifs is 1. The van der Waals surface area contributed by atoms with Crippen LogP contribution < -0.4 is 10.6 Å². The Kier molecular flexibility index (Phi) is 8.31. The van der Waals surface area contributed by atoms with Gasteiger partial charge in [0.25, 0.3) is 0 Å². The fourth-order valence-electron chi connectivity index (χ4n) is 4.15. The predicted molar refractivity (Wildman–Crippen MR) is 115 cm³/mol. The smallest absolute Gasteiger partial charge is 0.225 e. The van der Waals surface area contributed by atoms with E-state index in [0.717, 1.165) is 44.7 Å². The molecule has 1 aromatic carbocycles. The van der Waals surface area contributed by atoms with Gasteiger partial charge >= 0.3 is 0 Å². The number of hydrogen-bond donors (Lipinski definition) is 2. The Morgan fingerprint density at radius 1 is 1.25 bits per heavy atom. The van der Waals surface area contributed by atoms with Crippen LogP contribution >= 0.6 is 24.8 Å². The first-order valence-corrected chi connectivity index (χ1v) is 9.47. The van der Waals surface area contributed by atoms with Crippen molar-refractivity contribution in [1.82, 2.24) is 25.3 Å². The van der Waals surface area contributed by atoms with E-state index >= 15 is 0 Å². The van der Waals surface area contributed by atoms with Gasteiger partial charge < -0.3 is 10.6 Å². The van der Waals surface area contributed by atoms with Crippen LogP contribution in [0.2, 0.25) is 0 Å². The Bertz CT molecular complexity index is 781. The van der Waals surface area contributed by atoms with Gasteiger partial charge in [-0.3, -0.25) is 14.4 Å². The second-order valence-electron chi connectivity index (χ2n) is 7.40. The fourth-order valence-corrected chi connectivity index (χ4v) is 4.15. The van der Waals surface area contributed by atoms with E-state index in [4.69, 9.17) is 0 Å². The molecule has 0 spiro atoms.